The predicted octanol–water partition coefficient (Wildman–Crippen LogP) is 4.90. The maximum Gasteiger partial charge on any atom is 0.340 e. The number of hydrogen-bond acceptors (Lipinski definition) is 7. The van der Waals surface area contributed by atoms with E-state index in [1.807, 2.05) is 51.7 Å². The molecule has 0 saturated heterocycles. The maximum atomic E-state index is 12.0. The zero-order chi connectivity index (χ0) is 31.2. The van der Waals surface area contributed by atoms with E-state index in [9.17, 15) is 31.5 Å². The molecular weight excluding hydrogens is 568 g/mol. The third-order valence-corrected chi connectivity index (χ3v) is 9.08. The van der Waals surface area contributed by atoms with Crippen LogP contribution < -0.4 is 0 Å². The molecule has 1 N–H and O–H groups in total. The largest absolute Gasteiger partial charge is 0.478 e. The summed E-state index contributed by atoms with van der Waals surface area (Å²) >= 11 is 0. The first-order valence-corrected chi connectivity index (χ1v) is 16.6. The summed E-state index contributed by atoms with van der Waals surface area (Å²) in [5, 5.41) is 10.8. The van der Waals surface area contributed by atoms with Crippen molar-refractivity contribution < 1.29 is 36.3 Å². The lowest BCUT2D eigenvalue weighted by molar-refractivity contribution is 0.0601. The smallest absolute Gasteiger partial charge is 0.340 e. The van der Waals surface area contributed by atoms with Crippen LogP contribution in [0.15, 0.2) is 46.5 Å². The summed E-state index contributed by atoms with van der Waals surface area (Å²) in [7, 11) is -1.98. The van der Waals surface area contributed by atoms with Crippen molar-refractivity contribution in [1.82, 2.24) is 9.13 Å². The lowest BCUT2D eigenvalue weighted by Gasteiger charge is -2.08. The summed E-state index contributed by atoms with van der Waals surface area (Å²) < 4.78 is 55.6. The average Bonchev–Trinajstić information content (AvgIpc) is 3.39. The molecule has 0 aliphatic rings. The van der Waals surface area contributed by atoms with Crippen LogP contribution >= 0.6 is 0 Å². The number of carbonyl (C=O) groups is 2. The SMILES string of the molecule is CC(C)c1cn(C)c2c(C(=O)O)cc(S(C)(=O)=O)cc12.COC(=O)c1cc(S(C)(=O)=O)cc2c(C(C)C)cn(C)c12. The number of benzene rings is 2. The summed E-state index contributed by atoms with van der Waals surface area (Å²) in [6.45, 7) is 8.03. The monoisotopic (exact) mass is 604 g/mol. The van der Waals surface area contributed by atoms with Gasteiger partial charge in [0.2, 0.25) is 0 Å². The predicted molar refractivity (Wildman–Crippen MR) is 159 cm³/mol. The van der Waals surface area contributed by atoms with Crippen LogP contribution in [-0.2, 0) is 38.5 Å². The second-order valence-corrected chi connectivity index (χ2v) is 14.8. The van der Waals surface area contributed by atoms with Crippen LogP contribution in [0.3, 0.4) is 0 Å². The van der Waals surface area contributed by atoms with Gasteiger partial charge in [0.25, 0.3) is 0 Å². The van der Waals surface area contributed by atoms with Gasteiger partial charge in [-0.05, 0) is 47.2 Å². The number of carboxylic acid groups (broad SMARTS) is 1. The molecular formula is C29H36N2O8S2. The molecule has 0 amide bonds. The van der Waals surface area contributed by atoms with Crippen molar-refractivity contribution in [2.75, 3.05) is 19.6 Å². The van der Waals surface area contributed by atoms with Gasteiger partial charge in [0.15, 0.2) is 19.7 Å². The van der Waals surface area contributed by atoms with E-state index in [2.05, 4.69) is 0 Å². The van der Waals surface area contributed by atoms with E-state index >= 15 is 0 Å². The quantitative estimate of drug-likeness (QED) is 0.307. The molecule has 4 rings (SSSR count). The number of hydrogen-bond donors (Lipinski definition) is 1. The van der Waals surface area contributed by atoms with Crippen LogP contribution in [0, 0.1) is 0 Å². The molecule has 0 unspecified atom stereocenters. The highest BCUT2D eigenvalue weighted by Crippen LogP contribution is 2.33. The highest BCUT2D eigenvalue weighted by atomic mass is 32.2. The number of aromatic carboxylic acids is 1. The van der Waals surface area contributed by atoms with E-state index in [4.69, 9.17) is 4.74 Å². The van der Waals surface area contributed by atoms with E-state index in [-0.39, 0.29) is 32.8 Å². The Morgan fingerprint density at radius 3 is 1.41 bits per heavy atom. The van der Waals surface area contributed by atoms with Crippen LogP contribution in [0.2, 0.25) is 0 Å². The van der Waals surface area contributed by atoms with Gasteiger partial charge >= 0.3 is 11.9 Å². The second kappa shape index (κ2) is 11.3. The molecule has 12 heteroatoms. The molecule has 2 aromatic carbocycles. The molecule has 10 nitrogen and oxygen atoms in total. The molecule has 222 valence electrons. The van der Waals surface area contributed by atoms with Gasteiger partial charge in [-0.2, -0.15) is 0 Å². The molecule has 41 heavy (non-hydrogen) atoms. The van der Waals surface area contributed by atoms with Crippen molar-refractivity contribution >= 4 is 53.4 Å². The van der Waals surface area contributed by atoms with Crippen molar-refractivity contribution in [2.45, 2.75) is 49.3 Å². The Kier molecular flexibility index (Phi) is 8.81. The topological polar surface area (TPSA) is 142 Å². The number of ether oxygens (including phenoxy) is 1. The Hall–Kier alpha value is -3.64. The number of nitrogens with zero attached hydrogens (tertiary/aromatic N) is 2. The average molecular weight is 605 g/mol. The Labute approximate surface area is 240 Å². The maximum absolute atomic E-state index is 12.0. The number of sulfone groups is 2. The minimum atomic E-state index is -3.46. The van der Waals surface area contributed by atoms with Crippen molar-refractivity contribution in [2.24, 2.45) is 14.1 Å². The van der Waals surface area contributed by atoms with E-state index < -0.39 is 31.6 Å². The van der Waals surface area contributed by atoms with Gasteiger partial charge in [0.05, 0.1) is 39.1 Å². The number of fused-ring (bicyclic) bond motifs is 2. The van der Waals surface area contributed by atoms with Gasteiger partial charge in [-0.15, -0.1) is 0 Å². The molecule has 0 aliphatic carbocycles. The number of rotatable bonds is 6. The van der Waals surface area contributed by atoms with E-state index in [1.54, 1.807) is 23.7 Å². The summed E-state index contributed by atoms with van der Waals surface area (Å²) in [5.74, 6) is -1.27. The van der Waals surface area contributed by atoms with Gasteiger partial charge in [-0.1, -0.05) is 27.7 Å². The molecule has 0 aliphatic heterocycles. The second-order valence-electron chi connectivity index (χ2n) is 10.8. The molecule has 0 bridgehead atoms. The number of carboxylic acids is 1. The van der Waals surface area contributed by atoms with Crippen molar-refractivity contribution in [3.05, 3.63) is 58.9 Å². The number of esters is 1. The molecule has 0 radical (unpaired) electrons. The van der Waals surface area contributed by atoms with Gasteiger partial charge in [-0.3, -0.25) is 0 Å². The Morgan fingerprint density at radius 1 is 0.732 bits per heavy atom. The van der Waals surface area contributed by atoms with Crippen LogP contribution in [0.25, 0.3) is 21.8 Å². The van der Waals surface area contributed by atoms with Crippen LogP contribution in [-0.4, -0.2) is 62.6 Å². The highest BCUT2D eigenvalue weighted by molar-refractivity contribution is 7.91. The normalized spacial score (nSPS) is 12.2. The van der Waals surface area contributed by atoms with Crippen molar-refractivity contribution in [1.29, 1.82) is 0 Å². The number of carbonyl (C=O) groups excluding carboxylic acids is 1. The van der Waals surface area contributed by atoms with Crippen LogP contribution in [0.5, 0.6) is 0 Å². The summed E-state index contributed by atoms with van der Waals surface area (Å²) in [4.78, 5) is 23.6. The fourth-order valence-electron chi connectivity index (χ4n) is 4.88. The number of methoxy groups -OCH3 is 1. The molecule has 2 aromatic heterocycles. The fraction of sp³-hybridized carbons (Fsp3) is 0.379. The molecule has 2 heterocycles. The molecule has 0 saturated carbocycles. The first kappa shape index (κ1) is 31.9. The molecule has 0 spiro atoms. The first-order chi connectivity index (χ1) is 18.8. The van der Waals surface area contributed by atoms with Crippen molar-refractivity contribution in [3.63, 3.8) is 0 Å². The van der Waals surface area contributed by atoms with E-state index in [1.165, 1.54) is 19.2 Å². The van der Waals surface area contributed by atoms with Crippen molar-refractivity contribution in [3.8, 4) is 0 Å². The van der Waals surface area contributed by atoms with Crippen LogP contribution in [0.4, 0.5) is 0 Å². The minimum Gasteiger partial charge on any atom is -0.478 e. The summed E-state index contributed by atoms with van der Waals surface area (Å²) in [6.07, 6.45) is 5.99. The highest BCUT2D eigenvalue weighted by Gasteiger charge is 2.23. The molecule has 0 fully saturated rings. The first-order valence-electron chi connectivity index (χ1n) is 12.8. The zero-order valence-corrected chi connectivity index (χ0v) is 26.3. The Morgan fingerprint density at radius 2 is 1.10 bits per heavy atom. The van der Waals surface area contributed by atoms with Gasteiger partial charge in [0, 0.05) is 49.8 Å². The van der Waals surface area contributed by atoms with E-state index in [0.717, 1.165) is 29.0 Å². The zero-order valence-electron chi connectivity index (χ0n) is 24.6. The number of aryl methyl sites for hydroxylation is 2. The molecule has 0 atom stereocenters. The lowest BCUT2D eigenvalue weighted by atomic mass is 10.0. The third kappa shape index (κ3) is 6.33. The van der Waals surface area contributed by atoms with Gasteiger partial charge in [0.1, 0.15) is 0 Å². The van der Waals surface area contributed by atoms with E-state index in [0.29, 0.717) is 16.4 Å². The fourth-order valence-corrected chi connectivity index (χ4v) is 6.21. The Bertz CT molecular complexity index is 1890. The molecule has 4 aromatic rings. The lowest BCUT2D eigenvalue weighted by Crippen LogP contribution is -2.07. The van der Waals surface area contributed by atoms with Gasteiger partial charge in [-0.25, -0.2) is 26.4 Å². The number of aromatic nitrogens is 2. The van der Waals surface area contributed by atoms with Crippen LogP contribution in [0.1, 0.15) is 71.4 Å². The third-order valence-electron chi connectivity index (χ3n) is 6.90. The minimum absolute atomic E-state index is 0.0114. The summed E-state index contributed by atoms with van der Waals surface area (Å²) in [5.41, 5.74) is 3.47. The Balaban J connectivity index is 0.000000226. The summed E-state index contributed by atoms with van der Waals surface area (Å²) in [6, 6.07) is 5.80. The standard InChI is InChI=1S/C15H19NO4S.C14H17NO4S/c1-9(2)13-8-16(3)14-11(13)6-10(21(5,18)19)7-12(14)15(17)20-4;1-8(2)12-7-15(3)13-10(12)5-9(20(4,18)19)6-11(13)14(16)17/h6-9H,1-5H3;5-8H,1-4H3,(H,16,17). The van der Waals surface area contributed by atoms with Gasteiger partial charge < -0.3 is 19.0 Å².